The molecule has 1 heterocycles. The second kappa shape index (κ2) is 8.51. The van der Waals surface area contributed by atoms with Crippen molar-refractivity contribution in [1.29, 1.82) is 0 Å². The van der Waals surface area contributed by atoms with Gasteiger partial charge in [-0.15, -0.1) is 6.58 Å². The maximum atomic E-state index is 13.0. The van der Waals surface area contributed by atoms with E-state index in [4.69, 9.17) is 17.3 Å². The van der Waals surface area contributed by atoms with E-state index in [9.17, 15) is 21.6 Å². The fourth-order valence-electron chi connectivity index (χ4n) is 2.26. The molecule has 0 radical (unpaired) electrons. The first-order valence-corrected chi connectivity index (χ1v) is 9.83. The standard InChI is InChI=1S/C16H18ClF3N6O2S/c1-4-7-26(9-13-22-14(21)24-15(23-13)25(2)3)29(27,28)12-8-10(16(18,19)20)5-6-11(12)17/h4-6,8H,1,7,9H2,2-3H3,(H2,21,22,23,24). The smallest absolute Gasteiger partial charge is 0.368 e. The number of rotatable bonds is 7. The van der Waals surface area contributed by atoms with Gasteiger partial charge in [0.1, 0.15) is 4.90 Å². The van der Waals surface area contributed by atoms with Gasteiger partial charge in [-0.05, 0) is 18.2 Å². The van der Waals surface area contributed by atoms with Gasteiger partial charge in [-0.1, -0.05) is 17.7 Å². The van der Waals surface area contributed by atoms with Crippen LogP contribution in [0.3, 0.4) is 0 Å². The number of nitrogens with two attached hydrogens (primary N) is 1. The Bertz CT molecular complexity index is 1010. The minimum Gasteiger partial charge on any atom is -0.368 e. The molecule has 2 rings (SSSR count). The molecule has 0 aliphatic heterocycles. The van der Waals surface area contributed by atoms with Crippen molar-refractivity contribution in [1.82, 2.24) is 19.3 Å². The fraction of sp³-hybridized carbons (Fsp3) is 0.312. The zero-order valence-electron chi connectivity index (χ0n) is 15.5. The zero-order chi connectivity index (χ0) is 22.0. The molecular weight excluding hydrogens is 433 g/mol. The molecule has 0 atom stereocenters. The fourth-order valence-corrected chi connectivity index (χ4v) is 4.13. The highest BCUT2D eigenvalue weighted by Crippen LogP contribution is 2.34. The first-order valence-electron chi connectivity index (χ1n) is 8.01. The Labute approximate surface area is 170 Å². The predicted octanol–water partition coefficient (Wildman–Crippen LogP) is 2.57. The van der Waals surface area contributed by atoms with E-state index in [2.05, 4.69) is 21.5 Å². The van der Waals surface area contributed by atoms with Crippen LogP contribution in [0.5, 0.6) is 0 Å². The van der Waals surface area contributed by atoms with E-state index in [1.807, 2.05) is 0 Å². The number of alkyl halides is 3. The molecule has 0 unspecified atom stereocenters. The first kappa shape index (κ1) is 22.8. The molecule has 0 saturated carbocycles. The Morgan fingerprint density at radius 1 is 1.24 bits per heavy atom. The molecule has 0 spiro atoms. The molecule has 1 aromatic heterocycles. The van der Waals surface area contributed by atoms with Crippen LogP contribution in [0.15, 0.2) is 35.7 Å². The molecule has 8 nitrogen and oxygen atoms in total. The molecule has 0 aliphatic carbocycles. The van der Waals surface area contributed by atoms with Crippen LogP contribution in [0.4, 0.5) is 25.1 Å². The molecule has 0 amide bonds. The summed E-state index contributed by atoms with van der Waals surface area (Å²) < 4.78 is 66.0. The molecule has 0 saturated heterocycles. The van der Waals surface area contributed by atoms with Crippen LogP contribution < -0.4 is 10.6 Å². The van der Waals surface area contributed by atoms with Crippen molar-refractivity contribution < 1.29 is 21.6 Å². The number of hydrogen-bond donors (Lipinski definition) is 1. The van der Waals surface area contributed by atoms with Crippen LogP contribution in [0.25, 0.3) is 0 Å². The number of anilines is 2. The first-order chi connectivity index (χ1) is 13.4. The van der Waals surface area contributed by atoms with Gasteiger partial charge >= 0.3 is 6.18 Å². The lowest BCUT2D eigenvalue weighted by atomic mass is 10.2. The lowest BCUT2D eigenvalue weighted by Gasteiger charge is -2.22. The van der Waals surface area contributed by atoms with Gasteiger partial charge in [-0.2, -0.15) is 32.4 Å². The number of nitrogens with zero attached hydrogens (tertiary/aromatic N) is 5. The number of sulfonamides is 1. The molecule has 2 aromatic rings. The summed E-state index contributed by atoms with van der Waals surface area (Å²) in [6.07, 6.45) is -3.46. The summed E-state index contributed by atoms with van der Waals surface area (Å²) in [7, 11) is -1.14. The van der Waals surface area contributed by atoms with E-state index in [0.29, 0.717) is 12.1 Å². The van der Waals surface area contributed by atoms with Crippen molar-refractivity contribution in [2.45, 2.75) is 17.6 Å². The number of benzene rings is 1. The minimum absolute atomic E-state index is 0.00900. The molecule has 0 aliphatic rings. The molecule has 0 bridgehead atoms. The Balaban J connectivity index is 2.51. The molecule has 2 N–H and O–H groups in total. The highest BCUT2D eigenvalue weighted by molar-refractivity contribution is 7.89. The summed E-state index contributed by atoms with van der Waals surface area (Å²) in [6, 6.07) is 2.07. The number of halogens is 4. The van der Waals surface area contributed by atoms with Crippen molar-refractivity contribution in [2.24, 2.45) is 0 Å². The normalized spacial score (nSPS) is 12.2. The molecule has 0 fully saturated rings. The third-order valence-corrected chi connectivity index (χ3v) is 5.91. The van der Waals surface area contributed by atoms with E-state index < -0.39 is 26.7 Å². The minimum atomic E-state index is -4.73. The highest BCUT2D eigenvalue weighted by Gasteiger charge is 2.34. The average Bonchev–Trinajstić information content (AvgIpc) is 2.60. The number of nitrogen functional groups attached to an aromatic ring is 1. The van der Waals surface area contributed by atoms with Gasteiger partial charge in [0.15, 0.2) is 5.82 Å². The lowest BCUT2D eigenvalue weighted by molar-refractivity contribution is -0.137. The van der Waals surface area contributed by atoms with Crippen LogP contribution in [-0.4, -0.2) is 48.3 Å². The van der Waals surface area contributed by atoms with Gasteiger partial charge in [0, 0.05) is 20.6 Å². The van der Waals surface area contributed by atoms with Crippen molar-refractivity contribution in [2.75, 3.05) is 31.3 Å². The second-order valence-corrected chi connectivity index (χ2v) is 8.35. The summed E-state index contributed by atoms with van der Waals surface area (Å²) >= 11 is 5.90. The maximum Gasteiger partial charge on any atom is 0.416 e. The van der Waals surface area contributed by atoms with Crippen LogP contribution in [0, 0.1) is 0 Å². The third kappa shape index (κ3) is 5.34. The maximum absolute atomic E-state index is 13.0. The zero-order valence-corrected chi connectivity index (χ0v) is 17.1. The van der Waals surface area contributed by atoms with E-state index in [0.717, 1.165) is 10.4 Å². The monoisotopic (exact) mass is 450 g/mol. The van der Waals surface area contributed by atoms with Crippen LogP contribution in [-0.2, 0) is 22.7 Å². The topological polar surface area (TPSA) is 105 Å². The molecule has 13 heteroatoms. The summed E-state index contributed by atoms with van der Waals surface area (Å²) in [5.41, 5.74) is 4.50. The predicted molar refractivity (Wildman–Crippen MR) is 103 cm³/mol. The molecular formula is C16H18ClF3N6O2S. The van der Waals surface area contributed by atoms with Gasteiger partial charge in [-0.3, -0.25) is 0 Å². The van der Waals surface area contributed by atoms with E-state index in [-0.39, 0.29) is 35.8 Å². The van der Waals surface area contributed by atoms with Gasteiger partial charge in [0.25, 0.3) is 0 Å². The van der Waals surface area contributed by atoms with Crippen molar-refractivity contribution >= 4 is 33.5 Å². The largest absolute Gasteiger partial charge is 0.416 e. The van der Waals surface area contributed by atoms with E-state index in [1.54, 1.807) is 14.1 Å². The third-order valence-electron chi connectivity index (χ3n) is 3.61. The number of aromatic nitrogens is 3. The highest BCUT2D eigenvalue weighted by atomic mass is 35.5. The average molecular weight is 451 g/mol. The van der Waals surface area contributed by atoms with Crippen LogP contribution >= 0.6 is 11.6 Å². The van der Waals surface area contributed by atoms with Crippen LogP contribution in [0.1, 0.15) is 11.4 Å². The van der Waals surface area contributed by atoms with E-state index >= 15 is 0 Å². The van der Waals surface area contributed by atoms with E-state index in [1.165, 1.54) is 11.0 Å². The summed E-state index contributed by atoms with van der Waals surface area (Å²) in [5, 5.41) is -0.351. The summed E-state index contributed by atoms with van der Waals surface area (Å²) in [5.74, 6) is 0.0713. The molecule has 29 heavy (non-hydrogen) atoms. The SMILES string of the molecule is C=CCN(Cc1nc(N)nc(N(C)C)n1)S(=O)(=O)c1cc(C(F)(F)F)ccc1Cl. The van der Waals surface area contributed by atoms with Gasteiger partial charge < -0.3 is 10.6 Å². The Kier molecular flexibility index (Phi) is 6.71. The quantitative estimate of drug-likeness (QED) is 0.646. The van der Waals surface area contributed by atoms with Crippen molar-refractivity contribution in [3.05, 3.63) is 47.3 Å². The van der Waals surface area contributed by atoms with Gasteiger partial charge in [0.05, 0.1) is 17.1 Å². The van der Waals surface area contributed by atoms with Gasteiger partial charge in [-0.25, -0.2) is 8.42 Å². The Morgan fingerprint density at radius 2 is 1.90 bits per heavy atom. The second-order valence-electron chi connectivity index (χ2n) is 6.03. The number of hydrogen-bond acceptors (Lipinski definition) is 7. The van der Waals surface area contributed by atoms with Crippen molar-refractivity contribution in [3.63, 3.8) is 0 Å². The van der Waals surface area contributed by atoms with Crippen LogP contribution in [0.2, 0.25) is 5.02 Å². The summed E-state index contributed by atoms with van der Waals surface area (Å²) in [4.78, 5) is 12.8. The lowest BCUT2D eigenvalue weighted by Crippen LogP contribution is -2.32. The summed E-state index contributed by atoms with van der Waals surface area (Å²) in [6.45, 7) is 2.88. The molecule has 1 aromatic carbocycles. The Hall–Kier alpha value is -2.44. The van der Waals surface area contributed by atoms with Gasteiger partial charge in [0.2, 0.25) is 21.9 Å². The van der Waals surface area contributed by atoms with Crippen molar-refractivity contribution in [3.8, 4) is 0 Å². The molecule has 158 valence electrons. The Morgan fingerprint density at radius 3 is 2.45 bits per heavy atom.